The third kappa shape index (κ3) is 11.6. The molecule has 0 radical (unpaired) electrons. The van der Waals surface area contributed by atoms with E-state index < -0.39 is 10.7 Å². The fourth-order valence-electron chi connectivity index (χ4n) is 5.07. The average molecular weight is 774 g/mol. The summed E-state index contributed by atoms with van der Waals surface area (Å²) in [7, 11) is 0. The number of aliphatic imine (C=N–C) groups is 1. The van der Waals surface area contributed by atoms with Gasteiger partial charge in [-0.3, -0.25) is 10.1 Å². The highest BCUT2D eigenvalue weighted by molar-refractivity contribution is 8.93. The topological polar surface area (TPSA) is 92.5 Å². The molecule has 0 spiro atoms. The minimum atomic E-state index is -0.520. The van der Waals surface area contributed by atoms with Crippen LogP contribution in [0.25, 0.3) is 0 Å². The van der Waals surface area contributed by atoms with Gasteiger partial charge in [0.2, 0.25) is 0 Å². The number of nitro groups is 1. The first-order valence-corrected chi connectivity index (χ1v) is 17.5. The lowest BCUT2D eigenvalue weighted by Gasteiger charge is -2.38. The molecule has 47 heavy (non-hydrogen) atoms. The lowest BCUT2D eigenvalue weighted by atomic mass is 10.2. The van der Waals surface area contributed by atoms with Gasteiger partial charge in [0.25, 0.3) is 0 Å². The average Bonchev–Trinajstić information content (AvgIpc) is 3.04. The Balaban J connectivity index is 0.00000600. The van der Waals surface area contributed by atoms with Crippen LogP contribution in [-0.2, 0) is 6.54 Å². The number of nitrogens with zero attached hydrogens (tertiary/aromatic N) is 4. The zero-order chi connectivity index (χ0) is 32.9. The zero-order valence-corrected chi connectivity index (χ0v) is 30.6. The molecule has 3 aromatic carbocycles. The quantitative estimate of drug-likeness (QED) is 0.0538. The zero-order valence-electron chi connectivity index (χ0n) is 26.6. The molecule has 0 saturated carbocycles. The molecular formula is C33H41BrCl2FN5O4S. The van der Waals surface area contributed by atoms with E-state index in [-0.39, 0.29) is 33.4 Å². The van der Waals surface area contributed by atoms with Crippen LogP contribution in [0.1, 0.15) is 38.2 Å². The van der Waals surface area contributed by atoms with E-state index in [1.807, 2.05) is 24.8 Å². The highest BCUT2D eigenvalue weighted by atomic mass is 79.9. The van der Waals surface area contributed by atoms with Gasteiger partial charge in [-0.05, 0) is 62.1 Å². The smallest absolute Gasteiger partial charge is 0.311 e. The summed E-state index contributed by atoms with van der Waals surface area (Å²) in [6.07, 6.45) is 6.74. The van der Waals surface area contributed by atoms with Gasteiger partial charge in [-0.25, -0.2) is 9.38 Å². The number of guanidine groups is 1. The van der Waals surface area contributed by atoms with E-state index in [1.54, 1.807) is 24.3 Å². The Morgan fingerprint density at radius 2 is 1.79 bits per heavy atom. The summed E-state index contributed by atoms with van der Waals surface area (Å²) in [6, 6.07) is 14.6. The molecule has 9 nitrogen and oxygen atoms in total. The van der Waals surface area contributed by atoms with Crippen LogP contribution < -0.4 is 19.7 Å². The first kappa shape index (κ1) is 38.5. The molecule has 1 fully saturated rings. The summed E-state index contributed by atoms with van der Waals surface area (Å²) in [5, 5.41) is 15.5. The van der Waals surface area contributed by atoms with Crippen LogP contribution in [0.5, 0.6) is 17.2 Å². The van der Waals surface area contributed by atoms with Gasteiger partial charge in [-0.1, -0.05) is 42.1 Å². The molecule has 0 bridgehead atoms. The number of ether oxygens (including phenoxy) is 2. The lowest BCUT2D eigenvalue weighted by Crippen LogP contribution is -2.52. The molecular weight excluding hydrogens is 732 g/mol. The number of anilines is 1. The molecule has 1 heterocycles. The molecule has 0 unspecified atom stereocenters. The predicted molar refractivity (Wildman–Crippen MR) is 197 cm³/mol. The molecule has 0 aromatic heterocycles. The van der Waals surface area contributed by atoms with E-state index >= 15 is 0 Å². The van der Waals surface area contributed by atoms with Crippen molar-refractivity contribution in [3.63, 3.8) is 0 Å². The Hall–Kier alpha value is -2.93. The van der Waals surface area contributed by atoms with Crippen molar-refractivity contribution in [2.24, 2.45) is 4.99 Å². The van der Waals surface area contributed by atoms with E-state index in [1.165, 1.54) is 42.9 Å². The van der Waals surface area contributed by atoms with Crippen molar-refractivity contribution in [3.8, 4) is 17.2 Å². The summed E-state index contributed by atoms with van der Waals surface area (Å²) in [4.78, 5) is 20.5. The number of halogens is 4. The van der Waals surface area contributed by atoms with Crippen molar-refractivity contribution in [1.29, 1.82) is 0 Å². The molecule has 0 atom stereocenters. The van der Waals surface area contributed by atoms with Gasteiger partial charge in [0.15, 0.2) is 11.7 Å². The number of nitrogens with one attached hydrogen (secondary N) is 1. The van der Waals surface area contributed by atoms with Crippen molar-refractivity contribution in [2.75, 3.05) is 56.2 Å². The Bertz CT molecular complexity index is 1500. The summed E-state index contributed by atoms with van der Waals surface area (Å²) in [6.45, 7) is 6.12. The van der Waals surface area contributed by atoms with Crippen LogP contribution in [0.4, 0.5) is 15.8 Å². The number of rotatable bonds is 15. The summed E-state index contributed by atoms with van der Waals surface area (Å²) in [5.74, 6) is 2.65. The number of nitro benzene ring substituents is 1. The van der Waals surface area contributed by atoms with Crippen molar-refractivity contribution in [2.45, 2.75) is 39.2 Å². The maximum absolute atomic E-state index is 13.7. The fraction of sp³-hybridized carbons (Fsp3) is 0.424. The molecule has 1 N–H and O–H groups in total. The van der Waals surface area contributed by atoms with Gasteiger partial charge in [0, 0.05) is 67.2 Å². The van der Waals surface area contributed by atoms with Crippen LogP contribution in [0.2, 0.25) is 10.0 Å². The highest BCUT2D eigenvalue weighted by Gasteiger charge is 2.23. The molecule has 1 saturated heterocycles. The maximum atomic E-state index is 13.7. The normalized spacial score (nSPS) is 13.3. The monoisotopic (exact) mass is 771 g/mol. The van der Waals surface area contributed by atoms with E-state index in [0.29, 0.717) is 55.9 Å². The van der Waals surface area contributed by atoms with Gasteiger partial charge in [-0.2, -0.15) is 11.8 Å². The van der Waals surface area contributed by atoms with Gasteiger partial charge in [-0.15, -0.1) is 17.0 Å². The second kappa shape index (κ2) is 19.8. The minimum absolute atomic E-state index is 0. The van der Waals surface area contributed by atoms with Gasteiger partial charge >= 0.3 is 5.69 Å². The summed E-state index contributed by atoms with van der Waals surface area (Å²) >= 11 is 14.1. The molecule has 0 amide bonds. The molecule has 4 rings (SSSR count). The third-order valence-electron chi connectivity index (χ3n) is 7.49. The highest BCUT2D eigenvalue weighted by Crippen LogP contribution is 2.33. The van der Waals surface area contributed by atoms with Crippen LogP contribution in [0.15, 0.2) is 59.6 Å². The number of piperazine rings is 1. The molecule has 3 aromatic rings. The predicted octanol–water partition coefficient (Wildman–Crippen LogP) is 9.00. The Morgan fingerprint density at radius 3 is 2.49 bits per heavy atom. The second-order valence-corrected chi connectivity index (χ2v) is 12.5. The maximum Gasteiger partial charge on any atom is 0.311 e. The molecule has 0 aliphatic carbocycles. The van der Waals surface area contributed by atoms with Crippen LogP contribution in [0, 0.1) is 15.9 Å². The first-order chi connectivity index (χ1) is 22.3. The molecule has 1 aliphatic heterocycles. The van der Waals surface area contributed by atoms with E-state index in [4.69, 9.17) is 37.7 Å². The van der Waals surface area contributed by atoms with Crippen molar-refractivity contribution < 1.29 is 18.8 Å². The second-order valence-electron chi connectivity index (χ2n) is 10.7. The largest absolute Gasteiger partial charge is 0.487 e. The molecule has 256 valence electrons. The Morgan fingerprint density at radius 1 is 1.02 bits per heavy atom. The van der Waals surface area contributed by atoms with Crippen molar-refractivity contribution >= 4 is 69.3 Å². The summed E-state index contributed by atoms with van der Waals surface area (Å²) < 4.78 is 25.3. The Labute approximate surface area is 300 Å². The number of hydrogen-bond acceptors (Lipinski definition) is 7. The number of thioether (sulfide) groups is 1. The van der Waals surface area contributed by atoms with Gasteiger partial charge in [0.05, 0.1) is 23.1 Å². The van der Waals surface area contributed by atoms with Gasteiger partial charge in [0.1, 0.15) is 17.3 Å². The van der Waals surface area contributed by atoms with Crippen LogP contribution in [0.3, 0.4) is 0 Å². The van der Waals surface area contributed by atoms with Crippen LogP contribution >= 0.6 is 51.9 Å². The number of unbranched alkanes of at least 4 members (excludes halogenated alkanes) is 3. The molecule has 1 aliphatic rings. The standard InChI is InChI=1S/C33H40Cl2FN5O4S.BrH/c1-3-44-32-21-26(10-13-30(32)41(42)43)39-15-17-40(18-16-39)33(37-14-6-4-5-7-19-46-2)38-23-24-8-9-25(34)20-31(24)45-27-11-12-29(36)28(35)22-27;/h8-13,20-22H,3-7,14-19,23H2,1-2H3,(H,37,38);1H. The first-order valence-electron chi connectivity index (χ1n) is 15.4. The number of benzene rings is 3. The van der Waals surface area contributed by atoms with Crippen molar-refractivity contribution in [3.05, 3.63) is 86.1 Å². The SMILES string of the molecule is Br.CCOc1cc(N2CCN(C(=NCc3ccc(Cl)cc3Oc3ccc(F)c(Cl)c3)NCCCCCCSC)CC2)ccc1[N+](=O)[O-]. The number of hydrogen-bond donors (Lipinski definition) is 1. The van der Waals surface area contributed by atoms with Crippen molar-refractivity contribution in [1.82, 2.24) is 10.2 Å². The van der Waals surface area contributed by atoms with E-state index in [0.717, 1.165) is 36.6 Å². The van der Waals surface area contributed by atoms with E-state index in [9.17, 15) is 14.5 Å². The minimum Gasteiger partial charge on any atom is -0.487 e. The third-order valence-corrected chi connectivity index (χ3v) is 8.71. The van der Waals surface area contributed by atoms with Gasteiger partial charge < -0.3 is 24.6 Å². The van der Waals surface area contributed by atoms with E-state index in [2.05, 4.69) is 21.4 Å². The molecule has 14 heteroatoms. The lowest BCUT2D eigenvalue weighted by molar-refractivity contribution is -0.385. The fourth-order valence-corrected chi connectivity index (χ4v) is 5.90. The summed E-state index contributed by atoms with van der Waals surface area (Å²) in [5.41, 5.74) is 1.66. The Kier molecular flexibility index (Phi) is 16.2. The van der Waals surface area contributed by atoms with Crippen LogP contribution in [-0.4, -0.2) is 67.1 Å².